The molecule has 0 fully saturated rings. The molecule has 0 heterocycles. The van der Waals surface area contributed by atoms with Crippen molar-refractivity contribution < 1.29 is 4.79 Å². The number of carbonyl (C=O) groups is 1. The molecule has 39 heavy (non-hydrogen) atoms. The highest BCUT2D eigenvalue weighted by molar-refractivity contribution is 6.42. The van der Waals surface area contributed by atoms with Gasteiger partial charge < -0.3 is 4.90 Å². The average molecular weight is 587 g/mol. The molecule has 0 N–H and O–H groups in total. The third-order valence-electron chi connectivity index (χ3n) is 6.23. The van der Waals surface area contributed by atoms with Crippen molar-refractivity contribution in [1.82, 2.24) is 4.90 Å². The fourth-order valence-electron chi connectivity index (χ4n) is 4.05. The number of benzene rings is 2. The van der Waals surface area contributed by atoms with Crippen LogP contribution in [0.5, 0.6) is 0 Å². The van der Waals surface area contributed by atoms with Crippen molar-refractivity contribution in [3.05, 3.63) is 117 Å². The topological polar surface area (TPSA) is 20.3 Å². The molecule has 2 rings (SSSR count). The van der Waals surface area contributed by atoms with Crippen LogP contribution >= 0.6 is 34.8 Å². The summed E-state index contributed by atoms with van der Waals surface area (Å²) >= 11 is 18.8. The van der Waals surface area contributed by atoms with Gasteiger partial charge in [-0.15, -0.1) is 0 Å². The predicted octanol–water partition coefficient (Wildman–Crippen LogP) is 11.3. The molecule has 0 unspecified atom stereocenters. The second-order valence-electron chi connectivity index (χ2n) is 9.57. The third-order valence-corrected chi connectivity index (χ3v) is 7.32. The Hall–Kier alpha value is -2.26. The van der Waals surface area contributed by atoms with Gasteiger partial charge >= 0.3 is 0 Å². The lowest BCUT2D eigenvalue weighted by atomic mass is 10.1. The van der Waals surface area contributed by atoms with Crippen LogP contribution in [0.4, 0.5) is 0 Å². The standard InChI is InChI=1S/C34H42Cl3NO/c1-2-3-4-5-6-7-8-9-10-11-12-13-14-15-16-17-18-25-33(39)38(27-29-21-19-23-31(35)26-29)28-30-22-20-24-32(36)34(30)37/h6-7,9-10,12-13,15-16,19-24,26H,2-5,8,11,14,17-18,25,27-28H2,1H3/b7-6+,10-9-,13-12-,16-15-. The summed E-state index contributed by atoms with van der Waals surface area (Å²) in [6, 6.07) is 13.1. The molecule has 0 aliphatic rings. The number of halogens is 3. The van der Waals surface area contributed by atoms with E-state index in [1.807, 2.05) is 41.3 Å². The molecule has 0 spiro atoms. The molecule has 0 radical (unpaired) electrons. The summed E-state index contributed by atoms with van der Waals surface area (Å²) in [6.45, 7) is 3.10. The van der Waals surface area contributed by atoms with E-state index < -0.39 is 0 Å². The van der Waals surface area contributed by atoms with Gasteiger partial charge in [-0.2, -0.15) is 0 Å². The molecular weight excluding hydrogens is 545 g/mol. The number of unbranched alkanes of at least 4 members (excludes halogenated alkanes) is 4. The highest BCUT2D eigenvalue weighted by atomic mass is 35.5. The van der Waals surface area contributed by atoms with E-state index in [2.05, 4.69) is 55.5 Å². The van der Waals surface area contributed by atoms with Crippen LogP contribution in [0.25, 0.3) is 0 Å². The van der Waals surface area contributed by atoms with E-state index in [1.54, 1.807) is 6.07 Å². The number of hydrogen-bond donors (Lipinski definition) is 0. The van der Waals surface area contributed by atoms with Gasteiger partial charge in [-0.3, -0.25) is 4.79 Å². The fourth-order valence-corrected chi connectivity index (χ4v) is 4.65. The van der Waals surface area contributed by atoms with Gasteiger partial charge in [0.2, 0.25) is 5.91 Å². The zero-order chi connectivity index (χ0) is 28.1. The summed E-state index contributed by atoms with van der Waals surface area (Å²) in [5.74, 6) is 0.0851. The van der Waals surface area contributed by atoms with Crippen LogP contribution in [0.1, 0.15) is 82.3 Å². The molecule has 2 aromatic carbocycles. The second-order valence-corrected chi connectivity index (χ2v) is 10.8. The van der Waals surface area contributed by atoms with Gasteiger partial charge in [-0.05, 0) is 74.3 Å². The number of amides is 1. The highest BCUT2D eigenvalue weighted by Gasteiger charge is 2.17. The van der Waals surface area contributed by atoms with Crippen molar-refractivity contribution in [2.75, 3.05) is 0 Å². The van der Waals surface area contributed by atoms with Crippen LogP contribution in [-0.4, -0.2) is 10.8 Å². The molecule has 0 atom stereocenters. The fraction of sp³-hybridized carbons (Fsp3) is 0.382. The van der Waals surface area contributed by atoms with E-state index in [-0.39, 0.29) is 5.91 Å². The minimum absolute atomic E-state index is 0.0851. The monoisotopic (exact) mass is 585 g/mol. The Morgan fingerprint density at radius 2 is 1.36 bits per heavy atom. The Morgan fingerprint density at radius 1 is 0.744 bits per heavy atom. The predicted molar refractivity (Wildman–Crippen MR) is 171 cm³/mol. The van der Waals surface area contributed by atoms with E-state index in [0.717, 1.165) is 43.2 Å². The summed E-state index contributed by atoms with van der Waals surface area (Å²) in [6.07, 6.45) is 27.8. The van der Waals surface area contributed by atoms with Gasteiger partial charge in [0, 0.05) is 24.5 Å². The summed E-state index contributed by atoms with van der Waals surface area (Å²) < 4.78 is 0. The van der Waals surface area contributed by atoms with E-state index in [9.17, 15) is 4.79 Å². The summed E-state index contributed by atoms with van der Waals surface area (Å²) in [5.41, 5.74) is 1.81. The normalized spacial score (nSPS) is 12.0. The Balaban J connectivity index is 1.73. The molecule has 2 aromatic rings. The molecule has 0 saturated carbocycles. The SMILES string of the molecule is CCCCC/C=C/C/C=C\C/C=C\C/C=C\CCCC(=O)N(Cc1cccc(Cl)c1)Cc1cccc(Cl)c1Cl. The maximum absolute atomic E-state index is 13.2. The molecule has 0 aliphatic carbocycles. The summed E-state index contributed by atoms with van der Waals surface area (Å²) in [4.78, 5) is 15.0. The molecule has 0 aliphatic heterocycles. The van der Waals surface area contributed by atoms with Crippen LogP contribution in [0, 0.1) is 0 Å². The van der Waals surface area contributed by atoms with Crippen LogP contribution in [0.3, 0.4) is 0 Å². The molecule has 0 bridgehead atoms. The van der Waals surface area contributed by atoms with Crippen molar-refractivity contribution in [3.8, 4) is 0 Å². The average Bonchev–Trinajstić information content (AvgIpc) is 2.92. The van der Waals surface area contributed by atoms with E-state index in [0.29, 0.717) is 34.6 Å². The van der Waals surface area contributed by atoms with E-state index in [4.69, 9.17) is 34.8 Å². The Labute approximate surface area is 251 Å². The highest BCUT2D eigenvalue weighted by Crippen LogP contribution is 2.27. The van der Waals surface area contributed by atoms with Crippen molar-refractivity contribution in [3.63, 3.8) is 0 Å². The molecule has 2 nitrogen and oxygen atoms in total. The van der Waals surface area contributed by atoms with Crippen molar-refractivity contribution in [2.24, 2.45) is 0 Å². The summed E-state index contributed by atoms with van der Waals surface area (Å²) in [5, 5.41) is 1.63. The van der Waals surface area contributed by atoms with E-state index >= 15 is 0 Å². The first kappa shape index (κ1) is 32.9. The number of allylic oxidation sites excluding steroid dienone is 8. The van der Waals surface area contributed by atoms with Crippen molar-refractivity contribution >= 4 is 40.7 Å². The van der Waals surface area contributed by atoms with Crippen LogP contribution < -0.4 is 0 Å². The quantitative estimate of drug-likeness (QED) is 0.126. The Kier molecular flexibility index (Phi) is 17.4. The van der Waals surface area contributed by atoms with Gasteiger partial charge in [-0.25, -0.2) is 0 Å². The molecule has 0 saturated heterocycles. The summed E-state index contributed by atoms with van der Waals surface area (Å²) in [7, 11) is 0. The molecular formula is C34H42Cl3NO. The van der Waals surface area contributed by atoms with Crippen LogP contribution in [-0.2, 0) is 17.9 Å². The van der Waals surface area contributed by atoms with Crippen molar-refractivity contribution in [2.45, 2.75) is 84.2 Å². The molecule has 0 aromatic heterocycles. The second kappa shape index (κ2) is 20.6. The lowest BCUT2D eigenvalue weighted by Crippen LogP contribution is -2.30. The molecule has 210 valence electrons. The number of hydrogen-bond acceptors (Lipinski definition) is 1. The Bertz CT molecular complexity index is 1100. The smallest absolute Gasteiger partial charge is 0.223 e. The molecule has 1 amide bonds. The van der Waals surface area contributed by atoms with Crippen molar-refractivity contribution in [1.29, 1.82) is 0 Å². The van der Waals surface area contributed by atoms with Gasteiger partial charge in [0.1, 0.15) is 0 Å². The minimum Gasteiger partial charge on any atom is -0.334 e. The maximum Gasteiger partial charge on any atom is 0.223 e. The van der Waals surface area contributed by atoms with Crippen LogP contribution in [0.15, 0.2) is 91.1 Å². The van der Waals surface area contributed by atoms with Gasteiger partial charge in [0.15, 0.2) is 0 Å². The zero-order valence-corrected chi connectivity index (χ0v) is 25.4. The van der Waals surface area contributed by atoms with Gasteiger partial charge in [0.05, 0.1) is 10.0 Å². The Morgan fingerprint density at radius 3 is 2.00 bits per heavy atom. The molecule has 5 heteroatoms. The third kappa shape index (κ3) is 14.6. The van der Waals surface area contributed by atoms with Gasteiger partial charge in [-0.1, -0.05) is 127 Å². The maximum atomic E-state index is 13.2. The number of nitrogens with zero attached hydrogens (tertiary/aromatic N) is 1. The number of rotatable bonds is 18. The van der Waals surface area contributed by atoms with Crippen LogP contribution in [0.2, 0.25) is 15.1 Å². The van der Waals surface area contributed by atoms with Gasteiger partial charge in [0.25, 0.3) is 0 Å². The zero-order valence-electron chi connectivity index (χ0n) is 23.1. The van der Waals surface area contributed by atoms with E-state index in [1.165, 1.54) is 25.7 Å². The minimum atomic E-state index is 0.0851. The lowest BCUT2D eigenvalue weighted by molar-refractivity contribution is -0.132. The first-order valence-electron chi connectivity index (χ1n) is 14.1. The number of carbonyl (C=O) groups excluding carboxylic acids is 1. The largest absolute Gasteiger partial charge is 0.334 e. The lowest BCUT2D eigenvalue weighted by Gasteiger charge is -2.24. The first-order valence-corrected chi connectivity index (χ1v) is 15.2. The first-order chi connectivity index (χ1) is 19.0.